The normalized spacial score (nSPS) is 15.0. The summed E-state index contributed by atoms with van der Waals surface area (Å²) < 4.78 is 7.46. The molecule has 2 aromatic heterocycles. The van der Waals surface area contributed by atoms with E-state index < -0.39 is 0 Å². The highest BCUT2D eigenvalue weighted by atomic mass is 16.5. The minimum atomic E-state index is 0.779. The fourth-order valence-corrected chi connectivity index (χ4v) is 3.39. The van der Waals surface area contributed by atoms with Gasteiger partial charge in [-0.15, -0.1) is 0 Å². The average molecular weight is 344 g/mol. The zero-order valence-corrected chi connectivity index (χ0v) is 15.7. The van der Waals surface area contributed by atoms with Gasteiger partial charge in [0.25, 0.3) is 0 Å². The largest absolute Gasteiger partial charge is 0.378 e. The molecule has 0 saturated carbocycles. The van der Waals surface area contributed by atoms with Gasteiger partial charge in [0.1, 0.15) is 11.6 Å². The summed E-state index contributed by atoms with van der Waals surface area (Å²) in [4.78, 5) is 11.4. The lowest BCUT2D eigenvalue weighted by Crippen LogP contribution is -2.38. The maximum Gasteiger partial charge on any atom is 0.131 e. The average Bonchev–Trinajstić information content (AvgIpc) is 2.85. The lowest BCUT2D eigenvalue weighted by molar-refractivity contribution is 0.122. The molecule has 1 aliphatic heterocycles. The van der Waals surface area contributed by atoms with Crippen molar-refractivity contribution in [3.63, 3.8) is 0 Å². The smallest absolute Gasteiger partial charge is 0.131 e. The van der Waals surface area contributed by atoms with E-state index in [1.165, 1.54) is 11.4 Å². The van der Waals surface area contributed by atoms with Crippen LogP contribution in [-0.4, -0.2) is 52.6 Å². The molecule has 1 saturated heterocycles. The van der Waals surface area contributed by atoms with E-state index in [0.29, 0.717) is 0 Å². The van der Waals surface area contributed by atoms with Crippen molar-refractivity contribution in [3.8, 4) is 0 Å². The highest BCUT2D eigenvalue weighted by Gasteiger charge is 2.20. The predicted molar refractivity (Wildman–Crippen MR) is 97.9 cm³/mol. The molecule has 1 aliphatic rings. The second kappa shape index (κ2) is 7.93. The molecule has 136 valence electrons. The van der Waals surface area contributed by atoms with Crippen molar-refractivity contribution in [3.05, 3.63) is 34.5 Å². The van der Waals surface area contributed by atoms with Gasteiger partial charge in [-0.1, -0.05) is 0 Å². The molecule has 0 radical (unpaired) electrons. The van der Waals surface area contributed by atoms with Gasteiger partial charge in [0, 0.05) is 56.6 Å². The van der Waals surface area contributed by atoms with Crippen molar-refractivity contribution in [2.75, 3.05) is 37.7 Å². The molecule has 7 heteroatoms. The molecule has 3 rings (SSSR count). The van der Waals surface area contributed by atoms with Crippen LogP contribution in [0.4, 0.5) is 5.82 Å². The summed E-state index contributed by atoms with van der Waals surface area (Å²) in [6.07, 6.45) is 0.828. The Labute approximate surface area is 149 Å². The van der Waals surface area contributed by atoms with Crippen molar-refractivity contribution in [1.29, 1.82) is 0 Å². The Morgan fingerprint density at radius 3 is 2.48 bits per heavy atom. The molecular formula is C18H28N6O. The van der Waals surface area contributed by atoms with Gasteiger partial charge >= 0.3 is 0 Å². The zero-order valence-electron chi connectivity index (χ0n) is 15.7. The molecule has 0 spiro atoms. The first-order chi connectivity index (χ1) is 12.0. The molecule has 25 heavy (non-hydrogen) atoms. The van der Waals surface area contributed by atoms with E-state index in [-0.39, 0.29) is 0 Å². The molecular weight excluding hydrogens is 316 g/mol. The Kier molecular flexibility index (Phi) is 5.65. The third-order valence-corrected chi connectivity index (χ3v) is 4.48. The number of nitrogens with zero attached hydrogens (tertiary/aromatic N) is 5. The van der Waals surface area contributed by atoms with Crippen LogP contribution in [0.3, 0.4) is 0 Å². The van der Waals surface area contributed by atoms with E-state index in [0.717, 1.165) is 68.7 Å². The Morgan fingerprint density at radius 2 is 1.80 bits per heavy atom. The van der Waals surface area contributed by atoms with E-state index in [1.54, 1.807) is 0 Å². The number of hydrogen-bond donors (Lipinski definition) is 1. The van der Waals surface area contributed by atoms with Crippen LogP contribution in [0.1, 0.15) is 28.5 Å². The van der Waals surface area contributed by atoms with Crippen LogP contribution >= 0.6 is 0 Å². The lowest BCUT2D eigenvalue weighted by atomic mass is 10.2. The van der Waals surface area contributed by atoms with Gasteiger partial charge in [-0.2, -0.15) is 5.10 Å². The molecule has 0 amide bonds. The fraction of sp³-hybridized carbons (Fsp3) is 0.611. The second-order valence-corrected chi connectivity index (χ2v) is 6.60. The minimum Gasteiger partial charge on any atom is -0.378 e. The van der Waals surface area contributed by atoms with Crippen LogP contribution in [0.5, 0.6) is 0 Å². The van der Waals surface area contributed by atoms with E-state index in [1.807, 2.05) is 31.6 Å². The summed E-state index contributed by atoms with van der Waals surface area (Å²) >= 11 is 0. The molecule has 1 fully saturated rings. The Bertz CT molecular complexity index is 700. The molecule has 0 aromatic carbocycles. The lowest BCUT2D eigenvalue weighted by Gasteiger charge is -2.29. The van der Waals surface area contributed by atoms with Crippen LogP contribution in [0, 0.1) is 20.8 Å². The third kappa shape index (κ3) is 4.35. The first kappa shape index (κ1) is 17.8. The van der Waals surface area contributed by atoms with Crippen LogP contribution in [0.15, 0.2) is 6.07 Å². The Balaban J connectivity index is 1.61. The topological polar surface area (TPSA) is 68.1 Å². The maximum atomic E-state index is 5.47. The van der Waals surface area contributed by atoms with Gasteiger partial charge in [0.05, 0.1) is 18.9 Å². The van der Waals surface area contributed by atoms with Crippen LogP contribution in [0.2, 0.25) is 0 Å². The van der Waals surface area contributed by atoms with Crippen LogP contribution < -0.4 is 10.2 Å². The van der Waals surface area contributed by atoms with Gasteiger partial charge in [-0.25, -0.2) is 9.97 Å². The van der Waals surface area contributed by atoms with Crippen molar-refractivity contribution >= 4 is 5.82 Å². The van der Waals surface area contributed by atoms with E-state index in [4.69, 9.17) is 4.74 Å². The summed E-state index contributed by atoms with van der Waals surface area (Å²) in [5, 5.41) is 8.15. The van der Waals surface area contributed by atoms with Crippen LogP contribution in [-0.2, 0) is 24.8 Å². The van der Waals surface area contributed by atoms with Crippen LogP contribution in [0.25, 0.3) is 0 Å². The summed E-state index contributed by atoms with van der Waals surface area (Å²) in [7, 11) is 2.02. The molecule has 0 unspecified atom stereocenters. The Morgan fingerprint density at radius 1 is 1.12 bits per heavy atom. The standard InChI is InChI=1S/C18H28N6O/c1-13-11-14(2)21-17(20-13)5-6-19-12-16-15(3)22-23(4)18(16)24-7-9-25-10-8-24/h11,19H,5-10,12H2,1-4H3. The van der Waals surface area contributed by atoms with Crippen molar-refractivity contribution in [2.24, 2.45) is 7.05 Å². The number of ether oxygens (including phenoxy) is 1. The minimum absolute atomic E-state index is 0.779. The summed E-state index contributed by atoms with van der Waals surface area (Å²) in [5.41, 5.74) is 4.41. The summed E-state index contributed by atoms with van der Waals surface area (Å²) in [6.45, 7) is 11.1. The molecule has 1 N–H and O–H groups in total. The predicted octanol–water partition coefficient (Wildman–Crippen LogP) is 1.30. The number of anilines is 1. The molecule has 0 aliphatic carbocycles. The number of nitrogens with one attached hydrogen (secondary N) is 1. The Hall–Kier alpha value is -1.99. The van der Waals surface area contributed by atoms with E-state index in [2.05, 4.69) is 32.2 Å². The second-order valence-electron chi connectivity index (χ2n) is 6.60. The number of morpholine rings is 1. The first-order valence-corrected chi connectivity index (χ1v) is 8.91. The fourth-order valence-electron chi connectivity index (χ4n) is 3.39. The number of rotatable bonds is 6. The zero-order chi connectivity index (χ0) is 17.8. The molecule has 0 bridgehead atoms. The van der Waals surface area contributed by atoms with Gasteiger partial charge < -0.3 is 15.0 Å². The van der Waals surface area contributed by atoms with Crippen molar-refractivity contribution in [1.82, 2.24) is 25.1 Å². The number of aromatic nitrogens is 4. The molecule has 2 aromatic rings. The van der Waals surface area contributed by atoms with Crippen molar-refractivity contribution < 1.29 is 4.74 Å². The monoisotopic (exact) mass is 344 g/mol. The SMILES string of the molecule is Cc1cc(C)nc(CCNCc2c(C)nn(C)c2N2CCOCC2)n1. The quantitative estimate of drug-likeness (QED) is 0.797. The van der Waals surface area contributed by atoms with Gasteiger partial charge in [0.15, 0.2) is 0 Å². The van der Waals surface area contributed by atoms with Gasteiger partial charge in [0.2, 0.25) is 0 Å². The van der Waals surface area contributed by atoms with Crippen molar-refractivity contribution in [2.45, 2.75) is 33.7 Å². The highest BCUT2D eigenvalue weighted by molar-refractivity contribution is 5.50. The highest BCUT2D eigenvalue weighted by Crippen LogP contribution is 2.24. The summed E-state index contributed by atoms with van der Waals surface area (Å²) in [6, 6.07) is 2.00. The summed E-state index contributed by atoms with van der Waals surface area (Å²) in [5.74, 6) is 2.11. The molecule has 3 heterocycles. The maximum absolute atomic E-state index is 5.47. The van der Waals surface area contributed by atoms with Gasteiger partial charge in [-0.05, 0) is 26.8 Å². The van der Waals surface area contributed by atoms with E-state index in [9.17, 15) is 0 Å². The first-order valence-electron chi connectivity index (χ1n) is 8.91. The number of aryl methyl sites for hydroxylation is 4. The number of hydrogen-bond acceptors (Lipinski definition) is 6. The third-order valence-electron chi connectivity index (χ3n) is 4.48. The molecule has 0 atom stereocenters. The molecule has 7 nitrogen and oxygen atoms in total. The van der Waals surface area contributed by atoms with E-state index >= 15 is 0 Å². The van der Waals surface area contributed by atoms with Gasteiger partial charge in [-0.3, -0.25) is 4.68 Å².